The highest BCUT2D eigenvalue weighted by Crippen LogP contribution is 2.42. The largest absolute Gasteiger partial charge is 0.390 e. The Bertz CT molecular complexity index is 722. The van der Waals surface area contributed by atoms with Crippen LogP contribution in [0.15, 0.2) is 35.7 Å². The smallest absolute Gasteiger partial charge is 0.144 e. The first kappa shape index (κ1) is 10.1. The summed E-state index contributed by atoms with van der Waals surface area (Å²) < 4.78 is 2.35. The maximum atomic E-state index is 6.05. The summed E-state index contributed by atoms with van der Waals surface area (Å²) in [5, 5.41) is 2.88. The molecule has 0 amide bonds. The molecule has 2 N–H and O–H groups in total. The third-order valence-electron chi connectivity index (χ3n) is 3.44. The van der Waals surface area contributed by atoms with Crippen molar-refractivity contribution in [1.82, 2.24) is 9.55 Å². The minimum atomic E-state index is 0.603. The molecule has 0 aliphatic heterocycles. The fraction of sp³-hybridized carbons (Fsp3) is 0.214. The van der Waals surface area contributed by atoms with Gasteiger partial charge in [-0.15, -0.1) is 11.3 Å². The summed E-state index contributed by atoms with van der Waals surface area (Å²) in [6, 6.07) is 11.0. The van der Waals surface area contributed by atoms with E-state index in [-0.39, 0.29) is 0 Å². The zero-order valence-corrected chi connectivity index (χ0v) is 10.7. The minimum Gasteiger partial charge on any atom is -0.390 e. The topological polar surface area (TPSA) is 43.8 Å². The van der Waals surface area contributed by atoms with Crippen LogP contribution in [-0.4, -0.2) is 9.55 Å². The lowest BCUT2D eigenvalue weighted by atomic mass is 10.3. The number of hydrogen-bond donors (Lipinski definition) is 1. The van der Waals surface area contributed by atoms with E-state index >= 15 is 0 Å². The maximum Gasteiger partial charge on any atom is 0.144 e. The van der Waals surface area contributed by atoms with Crippen molar-refractivity contribution in [3.63, 3.8) is 0 Å². The summed E-state index contributed by atoms with van der Waals surface area (Å²) in [4.78, 5) is 4.77. The Morgan fingerprint density at radius 1 is 1.22 bits per heavy atom. The normalized spacial score (nSPS) is 15.3. The number of hydrogen-bond acceptors (Lipinski definition) is 3. The van der Waals surface area contributed by atoms with Gasteiger partial charge in [0.15, 0.2) is 0 Å². The predicted octanol–water partition coefficient (Wildman–Crippen LogP) is 3.68. The lowest BCUT2D eigenvalue weighted by Gasteiger charge is -2.06. The highest BCUT2D eigenvalue weighted by molar-refractivity contribution is 7.14. The lowest BCUT2D eigenvalue weighted by Crippen LogP contribution is -1.98. The number of imidazole rings is 1. The summed E-state index contributed by atoms with van der Waals surface area (Å²) in [7, 11) is 0. The number of aromatic nitrogens is 2. The fourth-order valence-electron chi connectivity index (χ4n) is 2.44. The second-order valence-corrected chi connectivity index (χ2v) is 5.67. The standard InChI is InChI=1S/C14H13N3S/c15-13-10(7-8-18-13)14-16-11-3-1-2-4-12(11)17(14)9-5-6-9/h1-4,7-9H,5-6,15H2. The van der Waals surface area contributed by atoms with E-state index in [2.05, 4.69) is 28.8 Å². The molecule has 0 spiro atoms. The van der Waals surface area contributed by atoms with Gasteiger partial charge in [0.1, 0.15) is 5.82 Å². The highest BCUT2D eigenvalue weighted by atomic mass is 32.1. The zero-order chi connectivity index (χ0) is 12.1. The van der Waals surface area contributed by atoms with Crippen molar-refractivity contribution in [1.29, 1.82) is 0 Å². The van der Waals surface area contributed by atoms with E-state index in [1.54, 1.807) is 11.3 Å². The highest BCUT2D eigenvalue weighted by Gasteiger charge is 2.29. The third-order valence-corrected chi connectivity index (χ3v) is 4.19. The van der Waals surface area contributed by atoms with Gasteiger partial charge >= 0.3 is 0 Å². The Labute approximate surface area is 109 Å². The van der Waals surface area contributed by atoms with Gasteiger partial charge in [0.05, 0.1) is 21.6 Å². The number of rotatable bonds is 2. The number of para-hydroxylation sites is 2. The van der Waals surface area contributed by atoms with Crippen molar-refractivity contribution in [2.45, 2.75) is 18.9 Å². The average Bonchev–Trinajstić information content (AvgIpc) is 3.01. The second kappa shape index (κ2) is 3.59. The van der Waals surface area contributed by atoms with E-state index in [4.69, 9.17) is 10.7 Å². The van der Waals surface area contributed by atoms with E-state index < -0.39 is 0 Å². The Morgan fingerprint density at radius 2 is 2.06 bits per heavy atom. The first-order valence-corrected chi connectivity index (χ1v) is 7.03. The summed E-state index contributed by atoms with van der Waals surface area (Å²) in [5.41, 5.74) is 9.40. The van der Waals surface area contributed by atoms with Crippen LogP contribution in [0.5, 0.6) is 0 Å². The average molecular weight is 255 g/mol. The van der Waals surface area contributed by atoms with Crippen LogP contribution in [0.25, 0.3) is 22.4 Å². The lowest BCUT2D eigenvalue weighted by molar-refractivity contribution is 0.776. The zero-order valence-electron chi connectivity index (χ0n) is 9.84. The molecule has 4 rings (SSSR count). The number of nitrogens with zero attached hydrogens (tertiary/aromatic N) is 2. The van der Waals surface area contributed by atoms with Crippen molar-refractivity contribution in [3.05, 3.63) is 35.7 Å². The first-order chi connectivity index (χ1) is 8.84. The van der Waals surface area contributed by atoms with E-state index in [0.29, 0.717) is 6.04 Å². The number of nitrogens with two attached hydrogens (primary N) is 1. The summed E-state index contributed by atoms with van der Waals surface area (Å²) >= 11 is 1.57. The van der Waals surface area contributed by atoms with Crippen LogP contribution in [0, 0.1) is 0 Å². The number of nitrogen functional groups attached to an aromatic ring is 1. The number of anilines is 1. The molecule has 1 aromatic carbocycles. The molecule has 2 heterocycles. The van der Waals surface area contributed by atoms with Gasteiger partial charge in [-0.25, -0.2) is 4.98 Å². The van der Waals surface area contributed by atoms with Gasteiger partial charge in [-0.05, 0) is 36.4 Å². The van der Waals surface area contributed by atoms with Crippen LogP contribution in [-0.2, 0) is 0 Å². The van der Waals surface area contributed by atoms with Gasteiger partial charge < -0.3 is 10.3 Å². The molecule has 0 unspecified atom stereocenters. The molecule has 1 saturated carbocycles. The molecule has 2 aromatic heterocycles. The summed E-state index contributed by atoms with van der Waals surface area (Å²) in [5.74, 6) is 1.03. The van der Waals surface area contributed by atoms with E-state index in [0.717, 1.165) is 21.9 Å². The first-order valence-electron chi connectivity index (χ1n) is 6.15. The van der Waals surface area contributed by atoms with Gasteiger partial charge in [-0.3, -0.25) is 0 Å². The minimum absolute atomic E-state index is 0.603. The Kier molecular flexibility index (Phi) is 2.02. The molecule has 0 bridgehead atoms. The van der Waals surface area contributed by atoms with Crippen LogP contribution >= 0.6 is 11.3 Å². The third kappa shape index (κ3) is 1.39. The second-order valence-electron chi connectivity index (χ2n) is 4.72. The van der Waals surface area contributed by atoms with Crippen molar-refractivity contribution in [2.75, 3.05) is 5.73 Å². The molecule has 0 saturated heterocycles. The Morgan fingerprint density at radius 3 is 2.78 bits per heavy atom. The van der Waals surface area contributed by atoms with Gasteiger partial charge in [-0.2, -0.15) is 0 Å². The molecule has 3 aromatic rings. The van der Waals surface area contributed by atoms with Crippen LogP contribution in [0.3, 0.4) is 0 Å². The SMILES string of the molecule is Nc1sccc1-c1nc2ccccc2n1C1CC1. The van der Waals surface area contributed by atoms with Crippen LogP contribution in [0.4, 0.5) is 5.00 Å². The molecular weight excluding hydrogens is 242 g/mol. The van der Waals surface area contributed by atoms with Gasteiger partial charge in [0.2, 0.25) is 0 Å². The van der Waals surface area contributed by atoms with Crippen molar-refractivity contribution < 1.29 is 0 Å². The number of thiophene rings is 1. The summed E-state index contributed by atoms with van der Waals surface area (Å²) in [6.07, 6.45) is 2.49. The molecule has 4 heteroatoms. The van der Waals surface area contributed by atoms with Crippen molar-refractivity contribution in [3.8, 4) is 11.4 Å². The molecule has 90 valence electrons. The fourth-order valence-corrected chi connectivity index (χ4v) is 3.08. The Hall–Kier alpha value is -1.81. The molecule has 1 aliphatic rings. The Balaban J connectivity index is 2.05. The molecule has 1 aliphatic carbocycles. The summed E-state index contributed by atoms with van der Waals surface area (Å²) in [6.45, 7) is 0. The predicted molar refractivity (Wildman–Crippen MR) is 75.7 cm³/mol. The van der Waals surface area contributed by atoms with Crippen molar-refractivity contribution >= 4 is 27.4 Å². The molecule has 18 heavy (non-hydrogen) atoms. The monoisotopic (exact) mass is 255 g/mol. The van der Waals surface area contributed by atoms with Crippen LogP contribution in [0.2, 0.25) is 0 Å². The van der Waals surface area contributed by atoms with E-state index in [9.17, 15) is 0 Å². The van der Waals surface area contributed by atoms with E-state index in [1.807, 2.05) is 11.4 Å². The van der Waals surface area contributed by atoms with Gasteiger partial charge in [0, 0.05) is 6.04 Å². The quantitative estimate of drug-likeness (QED) is 0.759. The number of fused-ring (bicyclic) bond motifs is 1. The maximum absolute atomic E-state index is 6.05. The molecule has 3 nitrogen and oxygen atoms in total. The molecule has 0 atom stereocenters. The molecule has 1 fully saturated rings. The molecular formula is C14H13N3S. The van der Waals surface area contributed by atoms with Crippen LogP contribution < -0.4 is 5.73 Å². The van der Waals surface area contributed by atoms with Crippen LogP contribution in [0.1, 0.15) is 18.9 Å². The molecule has 0 radical (unpaired) electrons. The van der Waals surface area contributed by atoms with Crippen molar-refractivity contribution in [2.24, 2.45) is 0 Å². The van der Waals surface area contributed by atoms with Gasteiger partial charge in [-0.1, -0.05) is 12.1 Å². The van der Waals surface area contributed by atoms with Gasteiger partial charge in [0.25, 0.3) is 0 Å². The number of benzene rings is 1. The van der Waals surface area contributed by atoms with E-state index in [1.165, 1.54) is 18.4 Å².